The summed E-state index contributed by atoms with van der Waals surface area (Å²) < 4.78 is 13.3. The molecule has 0 saturated carbocycles. The molecule has 25 heavy (non-hydrogen) atoms. The van der Waals surface area contributed by atoms with Crippen molar-refractivity contribution in [3.05, 3.63) is 77.3 Å². The van der Waals surface area contributed by atoms with Crippen LogP contribution in [0.25, 0.3) is 5.57 Å². The number of aromatic amines is 1. The van der Waals surface area contributed by atoms with Gasteiger partial charge in [-0.2, -0.15) is 5.21 Å². The summed E-state index contributed by atoms with van der Waals surface area (Å²) in [5, 5.41) is 24.0. The van der Waals surface area contributed by atoms with E-state index >= 15 is 0 Å². The van der Waals surface area contributed by atoms with E-state index in [2.05, 4.69) is 20.6 Å². The molecule has 1 atom stereocenters. The Hall–Kier alpha value is -3.55. The summed E-state index contributed by atoms with van der Waals surface area (Å²) in [6.45, 7) is 0. The molecule has 0 radical (unpaired) electrons. The molecule has 2 heterocycles. The van der Waals surface area contributed by atoms with Crippen molar-refractivity contribution in [3.8, 4) is 0 Å². The zero-order valence-corrected chi connectivity index (χ0v) is 12.8. The molecule has 4 rings (SSSR count). The smallest absolute Gasteiger partial charge is 0.296 e. The van der Waals surface area contributed by atoms with Gasteiger partial charge >= 0.3 is 0 Å². The molecule has 1 aromatic heterocycles. The maximum absolute atomic E-state index is 13.3. The lowest BCUT2D eigenvalue weighted by Crippen LogP contribution is -2.31. The van der Waals surface area contributed by atoms with Crippen LogP contribution in [-0.2, 0) is 4.79 Å². The number of aromatic nitrogens is 4. The Morgan fingerprint density at radius 3 is 2.44 bits per heavy atom. The lowest BCUT2D eigenvalue weighted by molar-refractivity contribution is -0.117. The predicted molar refractivity (Wildman–Crippen MR) is 86.8 cm³/mol. The van der Waals surface area contributed by atoms with Gasteiger partial charge in [0, 0.05) is 5.57 Å². The number of anilines is 1. The molecule has 2 N–H and O–H groups in total. The second kappa shape index (κ2) is 5.82. The summed E-state index contributed by atoms with van der Waals surface area (Å²) in [7, 11) is 0. The summed E-state index contributed by atoms with van der Waals surface area (Å²) in [4.78, 5) is 13.9. The Balaban J connectivity index is 1.91. The summed E-state index contributed by atoms with van der Waals surface area (Å²) in [6, 6.07) is 14.0. The van der Waals surface area contributed by atoms with Crippen molar-refractivity contribution in [1.29, 1.82) is 0 Å². The van der Waals surface area contributed by atoms with Crippen molar-refractivity contribution >= 4 is 17.4 Å². The van der Waals surface area contributed by atoms with Crippen LogP contribution in [0.3, 0.4) is 0 Å². The second-order valence-corrected chi connectivity index (χ2v) is 5.47. The van der Waals surface area contributed by atoms with Crippen molar-refractivity contribution in [2.24, 2.45) is 0 Å². The third kappa shape index (κ3) is 2.44. The Bertz CT molecular complexity index is 939. The lowest BCUT2D eigenvalue weighted by Gasteiger charge is -2.24. The molecule has 0 saturated heterocycles. The van der Waals surface area contributed by atoms with Crippen molar-refractivity contribution in [2.75, 3.05) is 4.90 Å². The minimum Gasteiger partial charge on any atom is -0.503 e. The number of halogens is 1. The van der Waals surface area contributed by atoms with Crippen LogP contribution < -0.4 is 4.90 Å². The first kappa shape index (κ1) is 15.0. The van der Waals surface area contributed by atoms with E-state index in [1.165, 1.54) is 17.0 Å². The molecule has 0 spiro atoms. The summed E-state index contributed by atoms with van der Waals surface area (Å²) in [5.74, 6) is -1.41. The van der Waals surface area contributed by atoms with E-state index in [4.69, 9.17) is 0 Å². The van der Waals surface area contributed by atoms with Crippen LogP contribution in [0.15, 0.2) is 60.4 Å². The molecule has 1 amide bonds. The van der Waals surface area contributed by atoms with Crippen LogP contribution in [0.5, 0.6) is 0 Å². The highest BCUT2D eigenvalue weighted by Crippen LogP contribution is 2.44. The van der Waals surface area contributed by atoms with Crippen LogP contribution in [-0.4, -0.2) is 31.6 Å². The molecule has 0 fully saturated rings. The number of aliphatic hydroxyl groups is 1. The van der Waals surface area contributed by atoms with Gasteiger partial charge in [0.15, 0.2) is 5.76 Å². The van der Waals surface area contributed by atoms with Gasteiger partial charge in [-0.3, -0.25) is 9.69 Å². The van der Waals surface area contributed by atoms with E-state index in [9.17, 15) is 14.3 Å². The molecule has 1 aliphatic rings. The van der Waals surface area contributed by atoms with Gasteiger partial charge in [-0.05, 0) is 28.5 Å². The minimum atomic E-state index is -0.701. The number of carbonyl (C=O) groups is 1. The molecule has 124 valence electrons. The number of nitrogens with zero attached hydrogens (tertiary/aromatic N) is 4. The second-order valence-electron chi connectivity index (χ2n) is 5.47. The maximum atomic E-state index is 13.3. The highest BCUT2D eigenvalue weighted by molar-refractivity contribution is 6.15. The number of hydrogen-bond acceptors (Lipinski definition) is 5. The first-order valence-corrected chi connectivity index (χ1v) is 7.48. The van der Waals surface area contributed by atoms with Gasteiger partial charge in [0.1, 0.15) is 5.82 Å². The van der Waals surface area contributed by atoms with Gasteiger partial charge in [0.25, 0.3) is 11.9 Å². The number of carbonyl (C=O) groups excluding carboxylic acids is 1. The molecule has 8 heteroatoms. The quantitative estimate of drug-likeness (QED) is 0.765. The van der Waals surface area contributed by atoms with Crippen LogP contribution in [0.4, 0.5) is 10.3 Å². The van der Waals surface area contributed by atoms with Gasteiger partial charge in [-0.15, -0.1) is 5.10 Å². The highest BCUT2D eigenvalue weighted by Gasteiger charge is 2.43. The molecule has 1 unspecified atom stereocenters. The van der Waals surface area contributed by atoms with E-state index in [0.717, 1.165) is 0 Å². The predicted octanol–water partition coefficient (Wildman–Crippen LogP) is 2.40. The van der Waals surface area contributed by atoms with E-state index in [1.807, 2.05) is 6.07 Å². The third-order valence-corrected chi connectivity index (χ3v) is 4.03. The third-order valence-electron chi connectivity index (χ3n) is 4.03. The Kier molecular flexibility index (Phi) is 3.50. The van der Waals surface area contributed by atoms with Gasteiger partial charge in [-0.1, -0.05) is 47.6 Å². The maximum Gasteiger partial charge on any atom is 0.296 e. The van der Waals surface area contributed by atoms with Crippen molar-refractivity contribution in [1.82, 2.24) is 20.6 Å². The first-order chi connectivity index (χ1) is 12.2. The molecule has 1 aliphatic heterocycles. The topological polar surface area (TPSA) is 95.0 Å². The molecule has 2 aromatic carbocycles. The average molecular weight is 337 g/mol. The number of amides is 1. The molecule has 0 bridgehead atoms. The number of benzene rings is 2. The van der Waals surface area contributed by atoms with E-state index in [-0.39, 0.29) is 5.95 Å². The lowest BCUT2D eigenvalue weighted by atomic mass is 9.93. The van der Waals surface area contributed by atoms with Crippen molar-refractivity contribution < 1.29 is 14.3 Å². The number of H-pyrrole nitrogens is 1. The Labute approximate surface area is 141 Å². The molecular formula is C17H12FN5O2. The average Bonchev–Trinajstić information content (AvgIpc) is 3.24. The van der Waals surface area contributed by atoms with Gasteiger partial charge in [-0.25, -0.2) is 4.39 Å². The normalized spacial score (nSPS) is 17.4. The standard InChI is InChI=1S/C17H12FN5O2/c18-12-8-6-11(7-9-12)14-13(10-4-2-1-3-5-10)15(24)16(25)23(14)17-19-21-22-20-17/h1-9,14,24H,(H,19,20,21,22). The fourth-order valence-electron chi connectivity index (χ4n) is 2.94. The first-order valence-electron chi connectivity index (χ1n) is 7.48. The number of hydrogen-bond donors (Lipinski definition) is 2. The van der Waals surface area contributed by atoms with Gasteiger partial charge in [0.05, 0.1) is 6.04 Å². The largest absolute Gasteiger partial charge is 0.503 e. The fourth-order valence-corrected chi connectivity index (χ4v) is 2.94. The Morgan fingerprint density at radius 2 is 1.80 bits per heavy atom. The number of tetrazole rings is 1. The van der Waals surface area contributed by atoms with E-state index in [1.54, 1.807) is 36.4 Å². The fraction of sp³-hybridized carbons (Fsp3) is 0.0588. The number of rotatable bonds is 3. The van der Waals surface area contributed by atoms with Crippen LogP contribution in [0.2, 0.25) is 0 Å². The highest BCUT2D eigenvalue weighted by atomic mass is 19.1. The molecule has 0 aliphatic carbocycles. The molecule has 3 aromatic rings. The van der Waals surface area contributed by atoms with Crippen molar-refractivity contribution in [3.63, 3.8) is 0 Å². The summed E-state index contributed by atoms with van der Waals surface area (Å²) in [5.41, 5.74) is 1.69. The zero-order valence-electron chi connectivity index (χ0n) is 12.8. The van der Waals surface area contributed by atoms with Crippen LogP contribution >= 0.6 is 0 Å². The van der Waals surface area contributed by atoms with E-state index in [0.29, 0.717) is 16.7 Å². The summed E-state index contributed by atoms with van der Waals surface area (Å²) in [6.07, 6.45) is 0. The van der Waals surface area contributed by atoms with E-state index < -0.39 is 23.5 Å². The Morgan fingerprint density at radius 1 is 1.08 bits per heavy atom. The molecule has 7 nitrogen and oxygen atoms in total. The van der Waals surface area contributed by atoms with Crippen LogP contribution in [0.1, 0.15) is 17.2 Å². The van der Waals surface area contributed by atoms with Crippen molar-refractivity contribution in [2.45, 2.75) is 6.04 Å². The van der Waals surface area contributed by atoms with Gasteiger partial charge < -0.3 is 5.11 Å². The monoisotopic (exact) mass is 337 g/mol. The minimum absolute atomic E-state index is 0.0248. The van der Waals surface area contributed by atoms with Gasteiger partial charge in [0.2, 0.25) is 0 Å². The van der Waals surface area contributed by atoms with Crippen LogP contribution in [0, 0.1) is 5.82 Å². The number of aliphatic hydroxyl groups excluding tert-OH is 1. The number of nitrogens with one attached hydrogen (secondary N) is 1. The zero-order chi connectivity index (χ0) is 17.4. The molecular weight excluding hydrogens is 325 g/mol. The SMILES string of the molecule is O=C1C(O)=C(c2ccccc2)C(c2ccc(F)cc2)N1c1nn[nH]n1. The summed E-state index contributed by atoms with van der Waals surface area (Å²) >= 11 is 0.